The minimum atomic E-state index is 0.774. The molecule has 17 heavy (non-hydrogen) atoms. The molecule has 1 aromatic rings. The second kappa shape index (κ2) is 6.17. The molecule has 1 aliphatic heterocycles. The van der Waals surface area contributed by atoms with Gasteiger partial charge in [-0.25, -0.2) is 0 Å². The fourth-order valence-corrected chi connectivity index (χ4v) is 2.60. The predicted octanol–water partition coefficient (Wildman–Crippen LogP) is 3.04. The van der Waals surface area contributed by atoms with E-state index in [1.807, 2.05) is 0 Å². The fraction of sp³-hybridized carbons (Fsp3) is 0.615. The average molecular weight is 252 g/mol. The molecule has 0 amide bonds. The Morgan fingerprint density at radius 1 is 1.53 bits per heavy atom. The molecule has 0 radical (unpaired) electrons. The summed E-state index contributed by atoms with van der Waals surface area (Å²) in [6.07, 6.45) is 5.69. The van der Waals surface area contributed by atoms with Gasteiger partial charge >= 0.3 is 0 Å². The van der Waals surface area contributed by atoms with E-state index in [1.165, 1.54) is 22.7 Å². The Kier molecular flexibility index (Phi) is 4.57. The molecule has 1 aromatic heterocycles. The number of unbranched alkanes of at least 4 members (excludes halogenated alkanes) is 1. The van der Waals surface area contributed by atoms with Gasteiger partial charge < -0.3 is 9.64 Å². The van der Waals surface area contributed by atoms with Crippen LogP contribution in [0.3, 0.4) is 0 Å². The van der Waals surface area contributed by atoms with E-state index >= 15 is 0 Å². The van der Waals surface area contributed by atoms with Crippen LogP contribution in [0, 0.1) is 0 Å². The maximum absolute atomic E-state index is 5.75. The van der Waals surface area contributed by atoms with Crippen molar-refractivity contribution in [2.45, 2.75) is 26.2 Å². The van der Waals surface area contributed by atoms with Gasteiger partial charge in [0, 0.05) is 18.5 Å². The zero-order chi connectivity index (χ0) is 12.1. The molecule has 0 fully saturated rings. The summed E-state index contributed by atoms with van der Waals surface area (Å²) in [6, 6.07) is 0. The van der Waals surface area contributed by atoms with Gasteiger partial charge in [0.2, 0.25) is 5.88 Å². The molecular formula is C13H20N2OS. The number of nitrogens with zero attached hydrogens (tertiary/aromatic N) is 2. The number of hydrogen-bond donors (Lipinski definition) is 0. The molecule has 2 rings (SSSR count). The van der Waals surface area contributed by atoms with Crippen molar-refractivity contribution in [3.63, 3.8) is 0 Å². The van der Waals surface area contributed by atoms with E-state index in [0.29, 0.717) is 0 Å². The first-order valence-corrected chi connectivity index (χ1v) is 7.10. The van der Waals surface area contributed by atoms with Crippen LogP contribution in [0.2, 0.25) is 0 Å². The highest BCUT2D eigenvalue weighted by molar-refractivity contribution is 7.04. The van der Waals surface area contributed by atoms with Gasteiger partial charge in [-0.05, 0) is 37.0 Å². The van der Waals surface area contributed by atoms with Gasteiger partial charge in [0.05, 0.1) is 12.2 Å². The lowest BCUT2D eigenvalue weighted by Gasteiger charge is -2.22. The summed E-state index contributed by atoms with van der Waals surface area (Å²) >= 11 is 1.48. The Labute approximate surface area is 107 Å². The zero-order valence-electron chi connectivity index (χ0n) is 10.6. The third-order valence-corrected chi connectivity index (χ3v) is 3.57. The lowest BCUT2D eigenvalue weighted by Crippen LogP contribution is -2.24. The van der Waals surface area contributed by atoms with Gasteiger partial charge in [0.25, 0.3) is 0 Å². The first-order chi connectivity index (χ1) is 8.31. The van der Waals surface area contributed by atoms with Crippen molar-refractivity contribution in [2.24, 2.45) is 0 Å². The molecule has 0 unspecified atom stereocenters. The Morgan fingerprint density at radius 2 is 2.41 bits per heavy atom. The molecule has 0 bridgehead atoms. The summed E-state index contributed by atoms with van der Waals surface area (Å²) in [5.41, 5.74) is 2.55. The quantitative estimate of drug-likeness (QED) is 0.753. The molecule has 0 aliphatic carbocycles. The van der Waals surface area contributed by atoms with Crippen molar-refractivity contribution in [2.75, 3.05) is 26.7 Å². The van der Waals surface area contributed by atoms with E-state index < -0.39 is 0 Å². The summed E-state index contributed by atoms with van der Waals surface area (Å²) in [6.45, 7) is 5.09. The van der Waals surface area contributed by atoms with E-state index in [9.17, 15) is 0 Å². The topological polar surface area (TPSA) is 25.4 Å². The molecule has 0 N–H and O–H groups in total. The highest BCUT2D eigenvalue weighted by Gasteiger charge is 2.16. The van der Waals surface area contributed by atoms with Crippen molar-refractivity contribution in [3.05, 3.63) is 17.0 Å². The normalized spacial score (nSPS) is 16.9. The molecule has 0 atom stereocenters. The van der Waals surface area contributed by atoms with Crippen LogP contribution in [0.4, 0.5) is 0 Å². The Hall–Kier alpha value is -0.870. The van der Waals surface area contributed by atoms with Crippen molar-refractivity contribution in [1.82, 2.24) is 9.27 Å². The van der Waals surface area contributed by atoms with E-state index in [2.05, 4.69) is 34.7 Å². The molecule has 0 aromatic carbocycles. The number of rotatable bonds is 5. The van der Waals surface area contributed by atoms with Crippen LogP contribution in [-0.2, 0) is 0 Å². The van der Waals surface area contributed by atoms with Crippen LogP contribution in [0.15, 0.2) is 11.5 Å². The van der Waals surface area contributed by atoms with Crippen LogP contribution in [0.5, 0.6) is 5.88 Å². The Morgan fingerprint density at radius 3 is 3.18 bits per heavy atom. The van der Waals surface area contributed by atoms with Gasteiger partial charge in [-0.1, -0.05) is 19.4 Å². The van der Waals surface area contributed by atoms with Crippen molar-refractivity contribution in [3.8, 4) is 5.88 Å². The summed E-state index contributed by atoms with van der Waals surface area (Å²) in [7, 11) is 2.16. The highest BCUT2D eigenvalue weighted by Crippen LogP contribution is 2.29. The maximum Gasteiger partial charge on any atom is 0.232 e. The first kappa shape index (κ1) is 12.6. The van der Waals surface area contributed by atoms with Gasteiger partial charge in [-0.2, -0.15) is 4.37 Å². The van der Waals surface area contributed by atoms with E-state index in [4.69, 9.17) is 4.74 Å². The monoisotopic (exact) mass is 252 g/mol. The lowest BCUT2D eigenvalue weighted by atomic mass is 10.0. The molecule has 3 nitrogen and oxygen atoms in total. The Balaban J connectivity index is 2.05. The largest absolute Gasteiger partial charge is 0.477 e. The lowest BCUT2D eigenvalue weighted by molar-refractivity contribution is 0.299. The van der Waals surface area contributed by atoms with Crippen LogP contribution in [0.1, 0.15) is 31.7 Å². The van der Waals surface area contributed by atoms with Crippen LogP contribution >= 0.6 is 11.5 Å². The summed E-state index contributed by atoms with van der Waals surface area (Å²) in [5.74, 6) is 0.824. The zero-order valence-corrected chi connectivity index (χ0v) is 11.4. The fourth-order valence-electron chi connectivity index (χ4n) is 1.95. The Bertz CT molecular complexity index is 387. The minimum Gasteiger partial charge on any atom is -0.477 e. The van der Waals surface area contributed by atoms with Gasteiger partial charge in [-0.15, -0.1) is 0 Å². The van der Waals surface area contributed by atoms with Crippen molar-refractivity contribution in [1.29, 1.82) is 0 Å². The van der Waals surface area contributed by atoms with Gasteiger partial charge in [0.1, 0.15) is 0 Å². The number of hydrogen-bond acceptors (Lipinski definition) is 4. The molecule has 4 heteroatoms. The third-order valence-electron chi connectivity index (χ3n) is 2.96. The average Bonchev–Trinajstić information content (AvgIpc) is 2.78. The van der Waals surface area contributed by atoms with Gasteiger partial charge in [0.15, 0.2) is 0 Å². The molecule has 0 spiro atoms. The molecular weight excluding hydrogens is 232 g/mol. The minimum absolute atomic E-state index is 0.774. The second-order valence-corrected chi connectivity index (χ2v) is 5.12. The maximum atomic E-state index is 5.75. The SMILES string of the molecule is CCCCOc1nscc1C1=CCCN(C)C1. The van der Waals surface area contributed by atoms with Crippen LogP contribution in [0.25, 0.3) is 5.57 Å². The van der Waals surface area contributed by atoms with E-state index in [0.717, 1.165) is 44.8 Å². The van der Waals surface area contributed by atoms with Crippen molar-refractivity contribution < 1.29 is 4.74 Å². The van der Waals surface area contributed by atoms with E-state index in [-0.39, 0.29) is 0 Å². The number of likely N-dealkylation sites (N-methyl/N-ethyl adjacent to an activating group) is 1. The number of ether oxygens (including phenoxy) is 1. The smallest absolute Gasteiger partial charge is 0.232 e. The first-order valence-electron chi connectivity index (χ1n) is 6.26. The summed E-state index contributed by atoms with van der Waals surface area (Å²) in [4.78, 5) is 2.34. The highest BCUT2D eigenvalue weighted by atomic mass is 32.1. The summed E-state index contributed by atoms with van der Waals surface area (Å²) in [5, 5.41) is 2.10. The van der Waals surface area contributed by atoms with Crippen LogP contribution in [-0.4, -0.2) is 36.0 Å². The van der Waals surface area contributed by atoms with Crippen molar-refractivity contribution >= 4 is 17.1 Å². The molecule has 2 heterocycles. The summed E-state index contributed by atoms with van der Waals surface area (Å²) < 4.78 is 10.1. The predicted molar refractivity (Wildman–Crippen MR) is 72.6 cm³/mol. The third kappa shape index (κ3) is 3.30. The van der Waals surface area contributed by atoms with E-state index in [1.54, 1.807) is 0 Å². The standard InChI is InChI=1S/C13H20N2OS/c1-3-4-8-16-13-12(10-17-14-13)11-6-5-7-15(2)9-11/h6,10H,3-5,7-9H2,1-2H3. The second-order valence-electron chi connectivity index (χ2n) is 4.49. The molecule has 0 saturated carbocycles. The molecule has 0 saturated heterocycles. The van der Waals surface area contributed by atoms with Gasteiger partial charge in [-0.3, -0.25) is 0 Å². The molecule has 1 aliphatic rings. The number of aromatic nitrogens is 1. The molecule has 94 valence electrons. The van der Waals surface area contributed by atoms with Crippen LogP contribution < -0.4 is 4.74 Å².